The number of benzene rings is 2. The van der Waals surface area contributed by atoms with Gasteiger partial charge in [0.05, 0.1) is 6.61 Å². The molecule has 1 unspecified atom stereocenters. The highest BCUT2D eigenvalue weighted by molar-refractivity contribution is 5.98. The molecule has 0 saturated heterocycles. The maximum absolute atomic E-state index is 12.2. The second-order valence-electron chi connectivity index (χ2n) is 6.07. The van der Waals surface area contributed by atoms with Crippen LogP contribution < -0.4 is 10.6 Å². The molecule has 0 fully saturated rings. The van der Waals surface area contributed by atoms with E-state index in [-0.39, 0.29) is 0 Å². The smallest absolute Gasteiger partial charge is 0.245 e. The third-order valence-corrected chi connectivity index (χ3v) is 4.16. The SMILES string of the molecule is O=C(C=Cc1c[nH]c2ccccc12)NC(CO)C(=O)NCc1ccccc1. The maximum atomic E-state index is 12.2. The van der Waals surface area contributed by atoms with E-state index in [1.807, 2.05) is 60.8 Å². The number of aliphatic hydroxyl groups is 1. The molecule has 138 valence electrons. The van der Waals surface area contributed by atoms with Crippen molar-refractivity contribution in [1.82, 2.24) is 15.6 Å². The number of aromatic amines is 1. The number of carbonyl (C=O) groups is 2. The van der Waals surface area contributed by atoms with Crippen LogP contribution in [0.4, 0.5) is 0 Å². The Kier molecular flexibility index (Phi) is 6.02. The molecule has 0 bridgehead atoms. The van der Waals surface area contributed by atoms with Crippen LogP contribution in [0.3, 0.4) is 0 Å². The van der Waals surface area contributed by atoms with E-state index in [1.165, 1.54) is 6.08 Å². The van der Waals surface area contributed by atoms with Crippen LogP contribution >= 0.6 is 0 Å². The van der Waals surface area contributed by atoms with Gasteiger partial charge < -0.3 is 20.7 Å². The number of hydrogen-bond acceptors (Lipinski definition) is 3. The average molecular weight is 363 g/mol. The first-order valence-corrected chi connectivity index (χ1v) is 8.64. The lowest BCUT2D eigenvalue weighted by atomic mass is 10.1. The van der Waals surface area contributed by atoms with Crippen molar-refractivity contribution in [3.63, 3.8) is 0 Å². The van der Waals surface area contributed by atoms with Crippen LogP contribution in [0.2, 0.25) is 0 Å². The van der Waals surface area contributed by atoms with Crippen LogP contribution in [0.1, 0.15) is 11.1 Å². The monoisotopic (exact) mass is 363 g/mol. The Morgan fingerprint density at radius 1 is 1.07 bits per heavy atom. The first kappa shape index (κ1) is 18.4. The van der Waals surface area contributed by atoms with Gasteiger partial charge in [-0.25, -0.2) is 0 Å². The molecule has 0 aliphatic rings. The molecule has 2 amide bonds. The molecule has 2 aromatic carbocycles. The Balaban J connectivity index is 1.57. The standard InChI is InChI=1S/C21H21N3O3/c25-14-19(21(27)23-12-15-6-2-1-3-7-15)24-20(26)11-10-16-13-22-18-9-5-4-8-17(16)18/h1-11,13,19,22,25H,12,14H2,(H,23,27)(H,24,26). The van der Waals surface area contributed by atoms with Crippen LogP contribution in [-0.4, -0.2) is 34.6 Å². The van der Waals surface area contributed by atoms with Crippen molar-refractivity contribution in [3.05, 3.63) is 78.0 Å². The molecule has 0 saturated carbocycles. The molecule has 27 heavy (non-hydrogen) atoms. The predicted molar refractivity (Wildman–Crippen MR) is 105 cm³/mol. The van der Waals surface area contributed by atoms with E-state index < -0.39 is 24.5 Å². The van der Waals surface area contributed by atoms with Crippen LogP contribution in [0.25, 0.3) is 17.0 Å². The number of fused-ring (bicyclic) bond motifs is 1. The summed E-state index contributed by atoms with van der Waals surface area (Å²) in [5.41, 5.74) is 2.79. The molecular weight excluding hydrogens is 342 g/mol. The van der Waals surface area contributed by atoms with E-state index in [9.17, 15) is 14.7 Å². The summed E-state index contributed by atoms with van der Waals surface area (Å²) in [6.45, 7) is -0.148. The van der Waals surface area contributed by atoms with Gasteiger partial charge in [-0.3, -0.25) is 9.59 Å². The minimum atomic E-state index is -1.01. The summed E-state index contributed by atoms with van der Waals surface area (Å²) in [4.78, 5) is 27.4. The van der Waals surface area contributed by atoms with Crippen molar-refractivity contribution in [1.29, 1.82) is 0 Å². The normalized spacial score (nSPS) is 12.2. The Hall–Kier alpha value is -3.38. The van der Waals surface area contributed by atoms with E-state index in [2.05, 4.69) is 15.6 Å². The first-order chi connectivity index (χ1) is 13.2. The summed E-state index contributed by atoms with van der Waals surface area (Å²) in [5, 5.41) is 15.7. The number of aliphatic hydroxyl groups excluding tert-OH is 1. The molecule has 0 spiro atoms. The zero-order chi connectivity index (χ0) is 19.1. The van der Waals surface area contributed by atoms with E-state index in [4.69, 9.17) is 0 Å². The molecule has 6 heteroatoms. The summed E-state index contributed by atoms with van der Waals surface area (Å²) in [7, 11) is 0. The molecule has 1 atom stereocenters. The summed E-state index contributed by atoms with van der Waals surface area (Å²) in [6.07, 6.45) is 4.83. The van der Waals surface area contributed by atoms with Crippen LogP contribution in [0.5, 0.6) is 0 Å². The van der Waals surface area contributed by atoms with Crippen molar-refractivity contribution in [2.75, 3.05) is 6.61 Å². The summed E-state index contributed by atoms with van der Waals surface area (Å²) < 4.78 is 0. The number of amides is 2. The number of aromatic nitrogens is 1. The molecular formula is C21H21N3O3. The first-order valence-electron chi connectivity index (χ1n) is 8.64. The van der Waals surface area contributed by atoms with E-state index >= 15 is 0 Å². The van der Waals surface area contributed by atoms with Crippen LogP contribution in [0, 0.1) is 0 Å². The van der Waals surface area contributed by atoms with Gasteiger partial charge in [0, 0.05) is 29.7 Å². The molecule has 0 aliphatic carbocycles. The van der Waals surface area contributed by atoms with Gasteiger partial charge in [-0.1, -0.05) is 48.5 Å². The molecule has 4 N–H and O–H groups in total. The number of hydrogen-bond donors (Lipinski definition) is 4. The quantitative estimate of drug-likeness (QED) is 0.484. The lowest BCUT2D eigenvalue weighted by Gasteiger charge is -2.15. The molecule has 6 nitrogen and oxygen atoms in total. The number of para-hydroxylation sites is 1. The van der Waals surface area contributed by atoms with Gasteiger partial charge in [0.1, 0.15) is 6.04 Å². The third kappa shape index (κ3) is 4.83. The summed E-state index contributed by atoms with van der Waals surface area (Å²) in [6, 6.07) is 16.2. The second kappa shape index (κ2) is 8.82. The lowest BCUT2D eigenvalue weighted by Crippen LogP contribution is -2.48. The van der Waals surface area contributed by atoms with Crippen molar-refractivity contribution in [2.24, 2.45) is 0 Å². The molecule has 0 radical (unpaired) electrons. The van der Waals surface area contributed by atoms with Gasteiger partial charge in [-0.05, 0) is 23.3 Å². The zero-order valence-corrected chi connectivity index (χ0v) is 14.7. The fraction of sp³-hybridized carbons (Fsp3) is 0.143. The van der Waals surface area contributed by atoms with Gasteiger partial charge in [0.2, 0.25) is 11.8 Å². The number of nitrogens with one attached hydrogen (secondary N) is 3. The average Bonchev–Trinajstić information content (AvgIpc) is 3.12. The topological polar surface area (TPSA) is 94.2 Å². The van der Waals surface area contributed by atoms with Gasteiger partial charge in [0.15, 0.2) is 0 Å². The van der Waals surface area contributed by atoms with Crippen LogP contribution in [-0.2, 0) is 16.1 Å². The van der Waals surface area contributed by atoms with Crippen molar-refractivity contribution in [2.45, 2.75) is 12.6 Å². The van der Waals surface area contributed by atoms with Crippen molar-refractivity contribution >= 4 is 28.8 Å². The molecule has 3 rings (SSSR count). The lowest BCUT2D eigenvalue weighted by molar-refractivity contribution is -0.128. The highest BCUT2D eigenvalue weighted by Crippen LogP contribution is 2.18. The van der Waals surface area contributed by atoms with E-state index in [0.29, 0.717) is 6.54 Å². The largest absolute Gasteiger partial charge is 0.394 e. The van der Waals surface area contributed by atoms with Crippen molar-refractivity contribution in [3.8, 4) is 0 Å². The Labute approximate surface area is 156 Å². The summed E-state index contributed by atoms with van der Waals surface area (Å²) >= 11 is 0. The molecule has 0 aliphatic heterocycles. The minimum Gasteiger partial charge on any atom is -0.394 e. The van der Waals surface area contributed by atoms with Gasteiger partial charge in [0.25, 0.3) is 0 Å². The summed E-state index contributed by atoms with van der Waals surface area (Å²) in [5.74, 6) is -0.885. The molecule has 1 heterocycles. The van der Waals surface area contributed by atoms with E-state index in [1.54, 1.807) is 6.08 Å². The highest BCUT2D eigenvalue weighted by atomic mass is 16.3. The van der Waals surface area contributed by atoms with Gasteiger partial charge in [-0.2, -0.15) is 0 Å². The molecule has 3 aromatic rings. The number of rotatable bonds is 7. The van der Waals surface area contributed by atoms with E-state index in [0.717, 1.165) is 22.0 Å². The molecule has 1 aromatic heterocycles. The second-order valence-corrected chi connectivity index (χ2v) is 6.07. The third-order valence-electron chi connectivity index (χ3n) is 4.16. The van der Waals surface area contributed by atoms with Crippen LogP contribution in [0.15, 0.2) is 66.9 Å². The fourth-order valence-electron chi connectivity index (χ4n) is 2.72. The highest BCUT2D eigenvalue weighted by Gasteiger charge is 2.18. The zero-order valence-electron chi connectivity index (χ0n) is 14.7. The maximum Gasteiger partial charge on any atom is 0.245 e. The van der Waals surface area contributed by atoms with Crippen molar-refractivity contribution < 1.29 is 14.7 Å². The Morgan fingerprint density at radius 3 is 2.59 bits per heavy atom. The number of H-pyrrole nitrogens is 1. The minimum absolute atomic E-state index is 0.331. The number of carbonyl (C=O) groups excluding carboxylic acids is 2. The fourth-order valence-corrected chi connectivity index (χ4v) is 2.72. The van der Waals surface area contributed by atoms with Gasteiger partial charge >= 0.3 is 0 Å². The van der Waals surface area contributed by atoms with Gasteiger partial charge in [-0.15, -0.1) is 0 Å². The Morgan fingerprint density at radius 2 is 1.81 bits per heavy atom. The predicted octanol–water partition coefficient (Wildman–Crippen LogP) is 1.97. The Bertz CT molecular complexity index is 947.